The molecule has 5 nitrogen and oxygen atoms in total. The summed E-state index contributed by atoms with van der Waals surface area (Å²) in [7, 11) is 0. The lowest BCUT2D eigenvalue weighted by atomic mass is 10.3. The van der Waals surface area contributed by atoms with Gasteiger partial charge in [0.05, 0.1) is 0 Å². The molecule has 0 fully saturated rings. The van der Waals surface area contributed by atoms with Gasteiger partial charge >= 0.3 is 0 Å². The van der Waals surface area contributed by atoms with E-state index in [0.717, 1.165) is 0 Å². The molecule has 0 radical (unpaired) electrons. The molecule has 0 N–H and O–H groups in total. The minimum Gasteiger partial charge on any atom is -0.291 e. The number of ketones is 1. The van der Waals surface area contributed by atoms with E-state index in [1.807, 2.05) is 6.92 Å². The van der Waals surface area contributed by atoms with Crippen LogP contribution in [-0.2, 0) is 6.54 Å². The highest BCUT2D eigenvalue weighted by molar-refractivity contribution is 5.92. The first-order valence-corrected chi connectivity index (χ1v) is 3.59. The van der Waals surface area contributed by atoms with Gasteiger partial charge in [0.25, 0.3) is 0 Å². The Hall–Kier alpha value is -1.26. The molecule has 11 heavy (non-hydrogen) atoms. The third kappa shape index (κ3) is 1.42. The largest absolute Gasteiger partial charge is 0.291 e. The lowest BCUT2D eigenvalue weighted by Crippen LogP contribution is -2.09. The van der Waals surface area contributed by atoms with Crippen LogP contribution in [0.5, 0.6) is 0 Å². The number of hydrogen-bond acceptors (Lipinski definition) is 4. The third-order valence-corrected chi connectivity index (χ3v) is 1.40. The summed E-state index contributed by atoms with van der Waals surface area (Å²) in [5, 5.41) is 10.7. The molecule has 1 rings (SSSR count). The second kappa shape index (κ2) is 3.23. The van der Waals surface area contributed by atoms with Crippen molar-refractivity contribution in [1.29, 1.82) is 0 Å². The molecule has 1 heterocycles. The van der Waals surface area contributed by atoms with Crippen LogP contribution in [0.4, 0.5) is 0 Å². The van der Waals surface area contributed by atoms with Crippen LogP contribution in [-0.4, -0.2) is 26.0 Å². The highest BCUT2D eigenvalue weighted by Crippen LogP contribution is 1.96. The molecule has 60 valence electrons. The Labute approximate surface area is 64.4 Å². The Balaban J connectivity index is 2.92. The minimum absolute atomic E-state index is 0.0168. The summed E-state index contributed by atoms with van der Waals surface area (Å²) in [4.78, 5) is 11.1. The van der Waals surface area contributed by atoms with Crippen molar-refractivity contribution in [3.63, 3.8) is 0 Å². The predicted molar refractivity (Wildman–Crippen MR) is 38.1 cm³/mol. The molecule has 0 spiro atoms. The average molecular weight is 154 g/mol. The summed E-state index contributed by atoms with van der Waals surface area (Å²) in [6.07, 6.45) is 0.445. The van der Waals surface area contributed by atoms with Crippen LogP contribution in [0.1, 0.15) is 30.9 Å². The fourth-order valence-electron chi connectivity index (χ4n) is 0.775. The van der Waals surface area contributed by atoms with Crippen molar-refractivity contribution in [2.45, 2.75) is 26.8 Å². The molecule has 0 bridgehead atoms. The number of carbonyl (C=O) groups excluding carboxylic acids is 1. The van der Waals surface area contributed by atoms with E-state index in [9.17, 15) is 4.79 Å². The molecule has 0 saturated carbocycles. The van der Waals surface area contributed by atoms with Gasteiger partial charge in [-0.05, 0) is 17.4 Å². The standard InChI is InChI=1S/C6H10N4O/c1-3-5(11)6-7-8-9-10(6)4-2/h3-4H2,1-2H3. The van der Waals surface area contributed by atoms with Gasteiger partial charge in [-0.2, -0.15) is 0 Å². The highest BCUT2D eigenvalue weighted by Gasteiger charge is 2.10. The monoisotopic (exact) mass is 154 g/mol. The van der Waals surface area contributed by atoms with Gasteiger partial charge in [-0.25, -0.2) is 4.68 Å². The molecule has 0 atom stereocenters. The topological polar surface area (TPSA) is 60.7 Å². The summed E-state index contributed by atoms with van der Waals surface area (Å²) in [5.41, 5.74) is 0. The van der Waals surface area contributed by atoms with Crippen LogP contribution in [0.15, 0.2) is 0 Å². The van der Waals surface area contributed by atoms with E-state index >= 15 is 0 Å². The normalized spacial score (nSPS) is 10.0. The molecule has 0 aliphatic carbocycles. The zero-order valence-electron chi connectivity index (χ0n) is 6.61. The molecule has 5 heteroatoms. The van der Waals surface area contributed by atoms with Crippen LogP contribution >= 0.6 is 0 Å². The quantitative estimate of drug-likeness (QED) is 0.587. The zero-order chi connectivity index (χ0) is 8.27. The summed E-state index contributed by atoms with van der Waals surface area (Å²) in [6.45, 7) is 4.31. The molecule has 0 amide bonds. The van der Waals surface area contributed by atoms with Gasteiger partial charge in [-0.3, -0.25) is 4.79 Å². The van der Waals surface area contributed by atoms with E-state index in [1.165, 1.54) is 4.68 Å². The van der Waals surface area contributed by atoms with Gasteiger partial charge < -0.3 is 0 Å². The smallest absolute Gasteiger partial charge is 0.218 e. The maximum Gasteiger partial charge on any atom is 0.218 e. The first kappa shape index (κ1) is 7.84. The maximum atomic E-state index is 11.1. The lowest BCUT2D eigenvalue weighted by molar-refractivity contribution is 0.0972. The maximum absolute atomic E-state index is 11.1. The molecule has 1 aromatic rings. The molecule has 0 unspecified atom stereocenters. The highest BCUT2D eigenvalue weighted by atomic mass is 16.1. The minimum atomic E-state index is -0.0168. The van der Waals surface area contributed by atoms with Gasteiger partial charge in [0.15, 0.2) is 0 Å². The van der Waals surface area contributed by atoms with E-state index in [0.29, 0.717) is 18.8 Å². The SMILES string of the molecule is CCC(=O)c1nnnn1CC. The van der Waals surface area contributed by atoms with Crippen molar-refractivity contribution >= 4 is 5.78 Å². The number of aryl methyl sites for hydroxylation is 1. The first-order valence-electron chi connectivity index (χ1n) is 3.59. The Morgan fingerprint density at radius 2 is 2.27 bits per heavy atom. The first-order chi connectivity index (χ1) is 5.29. The van der Waals surface area contributed by atoms with Crippen LogP contribution in [0.25, 0.3) is 0 Å². The molecule has 0 aromatic carbocycles. The number of hydrogen-bond donors (Lipinski definition) is 0. The van der Waals surface area contributed by atoms with Crippen LogP contribution < -0.4 is 0 Å². The summed E-state index contributed by atoms with van der Waals surface area (Å²) in [6, 6.07) is 0. The molecule has 0 aliphatic rings. The third-order valence-electron chi connectivity index (χ3n) is 1.40. The predicted octanol–water partition coefficient (Wildman–Crippen LogP) is 0.286. The van der Waals surface area contributed by atoms with Crippen molar-refractivity contribution in [2.75, 3.05) is 0 Å². The van der Waals surface area contributed by atoms with Crippen molar-refractivity contribution < 1.29 is 4.79 Å². The Bertz CT molecular complexity index is 255. The van der Waals surface area contributed by atoms with Gasteiger partial charge in [-0.15, -0.1) is 5.10 Å². The number of rotatable bonds is 3. The van der Waals surface area contributed by atoms with E-state index in [4.69, 9.17) is 0 Å². The van der Waals surface area contributed by atoms with E-state index < -0.39 is 0 Å². The van der Waals surface area contributed by atoms with E-state index in [-0.39, 0.29) is 5.78 Å². The van der Waals surface area contributed by atoms with Crippen molar-refractivity contribution in [3.8, 4) is 0 Å². The fraction of sp³-hybridized carbons (Fsp3) is 0.667. The summed E-state index contributed by atoms with van der Waals surface area (Å²) >= 11 is 0. The number of nitrogens with zero attached hydrogens (tertiary/aromatic N) is 4. The molecule has 1 aromatic heterocycles. The molecule has 0 aliphatic heterocycles. The summed E-state index contributed by atoms with van der Waals surface area (Å²) < 4.78 is 1.49. The van der Waals surface area contributed by atoms with E-state index in [2.05, 4.69) is 15.5 Å². The summed E-state index contributed by atoms with van der Waals surface area (Å²) in [5.74, 6) is 0.340. The van der Waals surface area contributed by atoms with Gasteiger partial charge in [-0.1, -0.05) is 6.92 Å². The Morgan fingerprint density at radius 1 is 1.55 bits per heavy atom. The average Bonchev–Trinajstić information content (AvgIpc) is 2.50. The second-order valence-corrected chi connectivity index (χ2v) is 2.09. The number of Topliss-reactive ketones (excluding diaryl/α,β-unsaturated/α-hetero) is 1. The second-order valence-electron chi connectivity index (χ2n) is 2.09. The van der Waals surface area contributed by atoms with Crippen molar-refractivity contribution in [1.82, 2.24) is 20.2 Å². The van der Waals surface area contributed by atoms with Gasteiger partial charge in [0.2, 0.25) is 11.6 Å². The fourth-order valence-corrected chi connectivity index (χ4v) is 0.775. The van der Waals surface area contributed by atoms with Gasteiger partial charge in [0.1, 0.15) is 0 Å². The lowest BCUT2D eigenvalue weighted by Gasteiger charge is -1.95. The Kier molecular flexibility index (Phi) is 2.30. The number of tetrazole rings is 1. The number of aromatic nitrogens is 4. The number of carbonyl (C=O) groups is 1. The van der Waals surface area contributed by atoms with Crippen LogP contribution in [0.2, 0.25) is 0 Å². The van der Waals surface area contributed by atoms with E-state index in [1.54, 1.807) is 6.92 Å². The zero-order valence-corrected chi connectivity index (χ0v) is 6.61. The van der Waals surface area contributed by atoms with Crippen LogP contribution in [0.3, 0.4) is 0 Å². The molecular weight excluding hydrogens is 144 g/mol. The van der Waals surface area contributed by atoms with Crippen molar-refractivity contribution in [2.24, 2.45) is 0 Å². The Morgan fingerprint density at radius 3 is 2.82 bits per heavy atom. The molecule has 0 saturated heterocycles. The van der Waals surface area contributed by atoms with Gasteiger partial charge in [0, 0.05) is 13.0 Å². The molecular formula is C6H10N4O. The van der Waals surface area contributed by atoms with Crippen molar-refractivity contribution in [3.05, 3.63) is 5.82 Å². The van der Waals surface area contributed by atoms with Crippen LogP contribution in [0, 0.1) is 0 Å².